The van der Waals surface area contributed by atoms with E-state index in [0.29, 0.717) is 33.5 Å². The predicted octanol–water partition coefficient (Wildman–Crippen LogP) is 1.77. The second-order valence-electron chi connectivity index (χ2n) is 6.47. The third kappa shape index (κ3) is 2.34. The lowest BCUT2D eigenvalue weighted by molar-refractivity contribution is -0.0147. The number of nitrogens with two attached hydrogens (primary N) is 2. The Labute approximate surface area is 149 Å². The largest absolute Gasteiger partial charge is 0.398 e. The van der Waals surface area contributed by atoms with Gasteiger partial charge in [-0.1, -0.05) is 13.3 Å². The van der Waals surface area contributed by atoms with E-state index in [2.05, 4.69) is 6.92 Å². The van der Waals surface area contributed by atoms with Gasteiger partial charge in [0.2, 0.25) is 0 Å². The molecule has 132 valence electrons. The fourth-order valence-electron chi connectivity index (χ4n) is 3.68. The van der Waals surface area contributed by atoms with Gasteiger partial charge in [0.05, 0.1) is 11.1 Å². The quantitative estimate of drug-likeness (QED) is 0.494. The van der Waals surface area contributed by atoms with Crippen LogP contribution in [-0.2, 0) is 10.9 Å². The molecule has 0 atom stereocenters. The molecular weight excluding hydrogens is 334 g/mol. The molecule has 0 radical (unpaired) electrons. The molecule has 1 aliphatic rings. The summed E-state index contributed by atoms with van der Waals surface area (Å²) in [6.07, 6.45) is 2.78. The number of imide groups is 1. The van der Waals surface area contributed by atoms with Crippen LogP contribution in [0.2, 0.25) is 0 Å². The summed E-state index contributed by atoms with van der Waals surface area (Å²) < 4.78 is 5.16. The minimum Gasteiger partial charge on any atom is -0.398 e. The summed E-state index contributed by atoms with van der Waals surface area (Å²) in [4.78, 5) is 25.6. The molecule has 6 nitrogen and oxygen atoms in total. The van der Waals surface area contributed by atoms with Gasteiger partial charge in [-0.25, -0.2) is 0 Å². The molecule has 0 saturated carbocycles. The molecule has 3 rings (SSSR count). The van der Waals surface area contributed by atoms with E-state index in [0.717, 1.165) is 40.8 Å². The van der Waals surface area contributed by atoms with Crippen LogP contribution in [0.15, 0.2) is 6.07 Å². The first kappa shape index (κ1) is 17.4. The Morgan fingerprint density at radius 2 is 1.80 bits per heavy atom. The normalized spacial score (nSPS) is 14.0. The van der Waals surface area contributed by atoms with Crippen LogP contribution in [0.5, 0.6) is 0 Å². The van der Waals surface area contributed by atoms with E-state index in [1.54, 1.807) is 6.07 Å². The van der Waals surface area contributed by atoms with Crippen LogP contribution in [-0.4, -0.2) is 27.4 Å². The standard InChI is InChI=1S/C18H23N3O3Si/c1-4-5-6-10-12(19)7-11-15-13(10)8(2)16(20)9(3)14(15)18(23)21(24-25)17(11)22/h7H,4-6,19-20H2,1-3,25H3. The number of rotatable bonds is 4. The van der Waals surface area contributed by atoms with Crippen LogP contribution in [0, 0.1) is 13.8 Å². The van der Waals surface area contributed by atoms with Crippen molar-refractivity contribution in [1.29, 1.82) is 0 Å². The summed E-state index contributed by atoms with van der Waals surface area (Å²) in [6, 6.07) is 1.67. The number of nitrogens with zero attached hydrogens (tertiary/aromatic N) is 1. The van der Waals surface area contributed by atoms with Crippen molar-refractivity contribution in [2.24, 2.45) is 0 Å². The van der Waals surface area contributed by atoms with Crippen molar-refractivity contribution in [2.45, 2.75) is 40.0 Å². The first-order valence-electron chi connectivity index (χ1n) is 8.41. The number of carbonyl (C=O) groups excluding carboxylic acids is 2. The molecule has 0 spiro atoms. The monoisotopic (exact) mass is 357 g/mol. The van der Waals surface area contributed by atoms with Crippen LogP contribution < -0.4 is 11.5 Å². The van der Waals surface area contributed by atoms with Gasteiger partial charge in [-0.15, -0.1) is 0 Å². The fourth-order valence-corrected chi connectivity index (χ4v) is 4.02. The molecule has 0 unspecified atom stereocenters. The highest BCUT2D eigenvalue weighted by Gasteiger charge is 2.37. The molecule has 25 heavy (non-hydrogen) atoms. The van der Waals surface area contributed by atoms with E-state index in [9.17, 15) is 9.59 Å². The lowest BCUT2D eigenvalue weighted by Crippen LogP contribution is -2.40. The molecule has 4 N–H and O–H groups in total. The zero-order valence-corrected chi connectivity index (χ0v) is 17.0. The van der Waals surface area contributed by atoms with Gasteiger partial charge in [-0.3, -0.25) is 9.59 Å². The summed E-state index contributed by atoms with van der Waals surface area (Å²) in [5.41, 5.74) is 17.1. The molecule has 0 bridgehead atoms. The van der Waals surface area contributed by atoms with Crippen LogP contribution in [0.3, 0.4) is 0 Å². The van der Waals surface area contributed by atoms with Gasteiger partial charge in [0.1, 0.15) is 0 Å². The minimum absolute atomic E-state index is 0.227. The van der Waals surface area contributed by atoms with Gasteiger partial charge in [-0.2, -0.15) is 5.06 Å². The van der Waals surface area contributed by atoms with Gasteiger partial charge in [-0.05, 0) is 54.8 Å². The van der Waals surface area contributed by atoms with Gasteiger partial charge >= 0.3 is 0 Å². The van der Waals surface area contributed by atoms with Crippen molar-refractivity contribution >= 4 is 44.4 Å². The predicted molar refractivity (Wildman–Crippen MR) is 102 cm³/mol. The molecule has 7 heteroatoms. The van der Waals surface area contributed by atoms with Gasteiger partial charge in [0.15, 0.2) is 10.5 Å². The topological polar surface area (TPSA) is 98.7 Å². The van der Waals surface area contributed by atoms with Crippen LogP contribution in [0.4, 0.5) is 11.4 Å². The number of aryl methyl sites for hydroxylation is 2. The van der Waals surface area contributed by atoms with Crippen molar-refractivity contribution in [2.75, 3.05) is 11.5 Å². The number of unbranched alkanes of at least 4 members (excludes halogenated alkanes) is 1. The minimum atomic E-state index is -0.463. The molecule has 0 aromatic heterocycles. The maximum Gasteiger partial charge on any atom is 0.285 e. The SMILES string of the molecule is CCCCc1c(N)cc2c3c(c(C)c(N)c(C)c13)C(=O)N(O[SiH3])C2=O. The van der Waals surface area contributed by atoms with Gasteiger partial charge in [0.25, 0.3) is 11.8 Å². The second kappa shape index (κ2) is 6.16. The lowest BCUT2D eigenvalue weighted by Gasteiger charge is -2.29. The highest BCUT2D eigenvalue weighted by atomic mass is 28.2. The molecule has 2 aromatic carbocycles. The Kier molecular flexibility index (Phi) is 4.30. The Morgan fingerprint density at radius 3 is 2.40 bits per heavy atom. The summed E-state index contributed by atoms with van der Waals surface area (Å²) in [7, 11) is 0.227. The van der Waals surface area contributed by atoms with E-state index in [1.165, 1.54) is 0 Å². The van der Waals surface area contributed by atoms with Crippen molar-refractivity contribution in [3.05, 3.63) is 33.9 Å². The fraction of sp³-hybridized carbons (Fsp3) is 0.333. The first-order chi connectivity index (χ1) is 11.8. The molecule has 2 amide bonds. The summed E-state index contributed by atoms with van der Waals surface area (Å²) >= 11 is 0. The maximum atomic E-state index is 12.9. The number of hydroxylamine groups is 2. The third-order valence-electron chi connectivity index (χ3n) is 5.05. The maximum absolute atomic E-state index is 12.9. The second-order valence-corrected chi connectivity index (χ2v) is 6.84. The number of carbonyl (C=O) groups is 2. The lowest BCUT2D eigenvalue weighted by atomic mass is 9.84. The number of anilines is 2. The Hall–Kier alpha value is -2.38. The summed E-state index contributed by atoms with van der Waals surface area (Å²) in [5.74, 6) is -0.914. The summed E-state index contributed by atoms with van der Waals surface area (Å²) in [6.45, 7) is 5.84. The van der Waals surface area contributed by atoms with Gasteiger partial charge < -0.3 is 16.0 Å². The van der Waals surface area contributed by atoms with Crippen molar-refractivity contribution in [3.8, 4) is 0 Å². The average molecular weight is 357 g/mol. The zero-order chi connectivity index (χ0) is 18.5. The number of hydrogen-bond donors (Lipinski definition) is 2. The van der Waals surface area contributed by atoms with Crippen molar-refractivity contribution in [1.82, 2.24) is 5.06 Å². The molecule has 0 aliphatic carbocycles. The van der Waals surface area contributed by atoms with E-state index in [4.69, 9.17) is 16.0 Å². The van der Waals surface area contributed by atoms with E-state index in [-0.39, 0.29) is 10.5 Å². The van der Waals surface area contributed by atoms with E-state index < -0.39 is 11.8 Å². The molecule has 1 aliphatic heterocycles. The number of nitrogen functional groups attached to an aromatic ring is 2. The highest BCUT2D eigenvalue weighted by Crippen LogP contribution is 2.42. The highest BCUT2D eigenvalue weighted by molar-refractivity contribution is 6.28. The first-order valence-corrected chi connectivity index (χ1v) is 9.23. The molecule has 1 heterocycles. The average Bonchev–Trinajstić information content (AvgIpc) is 2.58. The Morgan fingerprint density at radius 1 is 1.12 bits per heavy atom. The van der Waals surface area contributed by atoms with Crippen LogP contribution >= 0.6 is 0 Å². The van der Waals surface area contributed by atoms with Gasteiger partial charge in [0, 0.05) is 16.8 Å². The molecule has 2 aromatic rings. The number of amides is 2. The Balaban J connectivity index is 2.51. The molecular formula is C18H23N3O3Si. The van der Waals surface area contributed by atoms with Crippen molar-refractivity contribution in [3.63, 3.8) is 0 Å². The molecule has 0 saturated heterocycles. The van der Waals surface area contributed by atoms with E-state index in [1.807, 2.05) is 13.8 Å². The van der Waals surface area contributed by atoms with Crippen LogP contribution in [0.25, 0.3) is 10.8 Å². The number of hydrogen-bond acceptors (Lipinski definition) is 5. The number of benzene rings is 2. The Bertz CT molecular complexity index is 924. The third-order valence-corrected chi connectivity index (χ3v) is 5.42. The smallest absolute Gasteiger partial charge is 0.285 e. The van der Waals surface area contributed by atoms with Crippen LogP contribution in [0.1, 0.15) is 57.2 Å². The van der Waals surface area contributed by atoms with E-state index >= 15 is 0 Å². The van der Waals surface area contributed by atoms with Crippen molar-refractivity contribution < 1.29 is 14.1 Å². The summed E-state index contributed by atoms with van der Waals surface area (Å²) in [5, 5.41) is 2.33. The molecule has 0 fully saturated rings. The zero-order valence-electron chi connectivity index (χ0n) is 15.0.